The van der Waals surface area contributed by atoms with Gasteiger partial charge in [0.15, 0.2) is 0 Å². The first kappa shape index (κ1) is 16.3. The first-order valence-corrected chi connectivity index (χ1v) is 7.22. The number of nitrogens with two attached hydrogens (primary N) is 2. The number of ether oxygens (including phenoxy) is 1. The zero-order chi connectivity index (χ0) is 15.1. The van der Waals surface area contributed by atoms with Gasteiger partial charge in [0, 0.05) is 19.8 Å². The van der Waals surface area contributed by atoms with Gasteiger partial charge in [0.05, 0.1) is 5.69 Å². The summed E-state index contributed by atoms with van der Waals surface area (Å²) < 4.78 is 5.46. The second-order valence-electron chi connectivity index (χ2n) is 4.77. The highest BCUT2D eigenvalue weighted by Crippen LogP contribution is 2.34. The quantitative estimate of drug-likeness (QED) is 0.633. The van der Waals surface area contributed by atoms with Crippen molar-refractivity contribution < 1.29 is 9.53 Å². The number of nitrogen functional groups attached to an aromatic ring is 1. The Bertz CT molecular complexity index is 505. The van der Waals surface area contributed by atoms with Gasteiger partial charge in [0.2, 0.25) is 0 Å². The second-order valence-corrected chi connectivity index (χ2v) is 5.79. The number of amides is 1. The first-order valence-electron chi connectivity index (χ1n) is 6.41. The molecule has 0 bridgehead atoms. The van der Waals surface area contributed by atoms with Gasteiger partial charge in [0.25, 0.3) is 5.91 Å². The summed E-state index contributed by atoms with van der Waals surface area (Å²) in [4.78, 5) is 11.4. The minimum absolute atomic E-state index is 0.156. The van der Waals surface area contributed by atoms with Crippen molar-refractivity contribution in [3.05, 3.63) is 10.4 Å². The van der Waals surface area contributed by atoms with Crippen molar-refractivity contribution in [2.24, 2.45) is 11.7 Å². The van der Waals surface area contributed by atoms with Crippen molar-refractivity contribution in [1.82, 2.24) is 0 Å². The van der Waals surface area contributed by atoms with Crippen LogP contribution in [0.5, 0.6) is 0 Å². The Labute approximate surface area is 122 Å². The summed E-state index contributed by atoms with van der Waals surface area (Å²) in [6, 6.07) is 1.99. The van der Waals surface area contributed by atoms with Crippen molar-refractivity contribution >= 4 is 27.9 Å². The molecule has 0 aliphatic heterocycles. The molecule has 0 saturated heterocycles. The Hall–Kier alpha value is -1.78. The van der Waals surface area contributed by atoms with Crippen molar-refractivity contribution in [3.8, 4) is 6.07 Å². The highest BCUT2D eigenvalue weighted by molar-refractivity contribution is 7.18. The van der Waals surface area contributed by atoms with E-state index in [0.717, 1.165) is 24.4 Å². The highest BCUT2D eigenvalue weighted by atomic mass is 32.1. The number of thiophene rings is 1. The van der Waals surface area contributed by atoms with Crippen molar-refractivity contribution in [2.45, 2.75) is 20.3 Å². The van der Waals surface area contributed by atoms with Crippen LogP contribution in [0.1, 0.15) is 35.5 Å². The SMILES string of the molecule is CC(C)COCCCNc1sc(C(N)=O)c(N)c1C#N. The lowest BCUT2D eigenvalue weighted by Gasteiger charge is -2.07. The lowest BCUT2D eigenvalue weighted by Crippen LogP contribution is -2.10. The van der Waals surface area contributed by atoms with Gasteiger partial charge >= 0.3 is 0 Å². The molecule has 20 heavy (non-hydrogen) atoms. The van der Waals surface area contributed by atoms with Crippen molar-refractivity contribution in [3.63, 3.8) is 0 Å². The van der Waals surface area contributed by atoms with E-state index in [1.807, 2.05) is 6.07 Å². The largest absolute Gasteiger partial charge is 0.396 e. The van der Waals surface area contributed by atoms with E-state index in [0.29, 0.717) is 24.1 Å². The zero-order valence-electron chi connectivity index (χ0n) is 11.7. The predicted octanol–water partition coefficient (Wildman–Crippen LogP) is 1.78. The lowest BCUT2D eigenvalue weighted by molar-refractivity contribution is 0.100. The van der Waals surface area contributed by atoms with Gasteiger partial charge in [-0.25, -0.2) is 0 Å². The molecule has 110 valence electrons. The Kier molecular flexibility index (Phi) is 6.28. The normalized spacial score (nSPS) is 10.5. The predicted molar refractivity (Wildman–Crippen MR) is 80.7 cm³/mol. The Morgan fingerprint density at radius 3 is 2.80 bits per heavy atom. The van der Waals surface area contributed by atoms with E-state index >= 15 is 0 Å². The van der Waals surface area contributed by atoms with Crippen LogP contribution in [-0.4, -0.2) is 25.7 Å². The van der Waals surface area contributed by atoms with Gasteiger partial charge in [-0.05, 0) is 12.3 Å². The van der Waals surface area contributed by atoms with E-state index in [1.165, 1.54) is 0 Å². The maximum Gasteiger partial charge on any atom is 0.261 e. The van der Waals surface area contributed by atoms with Crippen LogP contribution in [0.2, 0.25) is 0 Å². The van der Waals surface area contributed by atoms with Crippen LogP contribution in [0.4, 0.5) is 10.7 Å². The molecule has 5 N–H and O–H groups in total. The van der Waals surface area contributed by atoms with Gasteiger partial charge in [-0.2, -0.15) is 5.26 Å². The second kappa shape index (κ2) is 7.72. The molecule has 1 aromatic rings. The van der Waals surface area contributed by atoms with E-state index in [9.17, 15) is 4.79 Å². The molecule has 0 spiro atoms. The van der Waals surface area contributed by atoms with E-state index in [1.54, 1.807) is 0 Å². The zero-order valence-corrected chi connectivity index (χ0v) is 12.5. The summed E-state index contributed by atoms with van der Waals surface area (Å²) in [5.74, 6) is -0.0966. The molecule has 0 aromatic carbocycles. The monoisotopic (exact) mass is 296 g/mol. The Balaban J connectivity index is 2.50. The summed E-state index contributed by atoms with van der Waals surface area (Å²) >= 11 is 1.11. The molecule has 1 heterocycles. The van der Waals surface area contributed by atoms with Crippen LogP contribution in [-0.2, 0) is 4.74 Å². The molecule has 0 saturated carbocycles. The number of hydrogen-bond donors (Lipinski definition) is 3. The van der Waals surface area contributed by atoms with Crippen LogP contribution < -0.4 is 16.8 Å². The number of primary amides is 1. The van der Waals surface area contributed by atoms with Crippen LogP contribution >= 0.6 is 11.3 Å². The molecule has 0 radical (unpaired) electrons. The summed E-state index contributed by atoms with van der Waals surface area (Å²) in [6.45, 7) is 6.22. The number of nitriles is 1. The standard InChI is InChI=1S/C13H20N4O2S/c1-8(2)7-19-5-3-4-17-13-9(6-14)10(15)11(20-13)12(16)18/h8,17H,3-5,7,15H2,1-2H3,(H2,16,18). The molecule has 1 amide bonds. The maximum absolute atomic E-state index is 11.2. The summed E-state index contributed by atoms with van der Waals surface area (Å²) in [6.07, 6.45) is 0.807. The number of nitrogens with zero attached hydrogens (tertiary/aromatic N) is 1. The number of nitrogens with one attached hydrogen (secondary N) is 1. The van der Waals surface area contributed by atoms with E-state index in [2.05, 4.69) is 19.2 Å². The third kappa shape index (κ3) is 4.40. The molecule has 0 fully saturated rings. The molecule has 1 rings (SSSR count). The summed E-state index contributed by atoms with van der Waals surface area (Å²) in [5.41, 5.74) is 11.4. The average molecular weight is 296 g/mol. The van der Waals surface area contributed by atoms with Gasteiger partial charge in [-0.15, -0.1) is 11.3 Å². The molecule has 1 aromatic heterocycles. The summed E-state index contributed by atoms with van der Waals surface area (Å²) in [7, 11) is 0. The van der Waals surface area contributed by atoms with E-state index < -0.39 is 5.91 Å². The number of anilines is 2. The minimum Gasteiger partial charge on any atom is -0.396 e. The van der Waals surface area contributed by atoms with Crippen molar-refractivity contribution in [1.29, 1.82) is 5.26 Å². The van der Waals surface area contributed by atoms with Gasteiger partial charge in [-0.3, -0.25) is 4.79 Å². The fourth-order valence-corrected chi connectivity index (χ4v) is 2.51. The number of rotatable bonds is 8. The summed E-state index contributed by atoms with van der Waals surface area (Å²) in [5, 5.41) is 12.7. The molecule has 0 unspecified atom stereocenters. The Morgan fingerprint density at radius 1 is 1.55 bits per heavy atom. The minimum atomic E-state index is -0.614. The maximum atomic E-state index is 11.2. The van der Waals surface area contributed by atoms with Crippen molar-refractivity contribution in [2.75, 3.05) is 30.8 Å². The number of carbonyl (C=O) groups excluding carboxylic acids is 1. The molecule has 0 atom stereocenters. The van der Waals surface area contributed by atoms with E-state index in [4.69, 9.17) is 21.5 Å². The third-order valence-corrected chi connectivity index (χ3v) is 3.66. The van der Waals surface area contributed by atoms with Gasteiger partial charge < -0.3 is 21.5 Å². The topological polar surface area (TPSA) is 114 Å². The first-order chi connectivity index (χ1) is 9.47. The fraction of sp³-hybridized carbons (Fsp3) is 0.538. The molecule has 0 aliphatic rings. The number of hydrogen-bond acceptors (Lipinski definition) is 6. The fourth-order valence-electron chi connectivity index (χ4n) is 1.56. The molecular formula is C13H20N4O2S. The molecule has 0 aliphatic carbocycles. The van der Waals surface area contributed by atoms with Crippen LogP contribution in [0, 0.1) is 17.2 Å². The smallest absolute Gasteiger partial charge is 0.261 e. The molecular weight excluding hydrogens is 276 g/mol. The van der Waals surface area contributed by atoms with Gasteiger partial charge in [0.1, 0.15) is 21.5 Å². The molecule has 7 heteroatoms. The average Bonchev–Trinajstić information content (AvgIpc) is 2.69. The van der Waals surface area contributed by atoms with Crippen LogP contribution in [0.25, 0.3) is 0 Å². The third-order valence-electron chi connectivity index (χ3n) is 2.48. The lowest BCUT2D eigenvalue weighted by atomic mass is 10.2. The Morgan fingerprint density at radius 2 is 2.25 bits per heavy atom. The van der Waals surface area contributed by atoms with E-state index in [-0.39, 0.29) is 16.1 Å². The molecule has 6 nitrogen and oxygen atoms in total. The van der Waals surface area contributed by atoms with Crippen LogP contribution in [0.3, 0.4) is 0 Å². The highest BCUT2D eigenvalue weighted by Gasteiger charge is 2.18. The number of carbonyl (C=O) groups is 1. The van der Waals surface area contributed by atoms with Gasteiger partial charge in [-0.1, -0.05) is 13.8 Å². The van der Waals surface area contributed by atoms with Crippen LogP contribution in [0.15, 0.2) is 0 Å².